The van der Waals surface area contributed by atoms with Crippen LogP contribution in [0, 0.1) is 0 Å². The van der Waals surface area contributed by atoms with Crippen molar-refractivity contribution in [3.8, 4) is 11.5 Å². The van der Waals surface area contributed by atoms with Gasteiger partial charge in [0.05, 0.1) is 13.2 Å². The van der Waals surface area contributed by atoms with Crippen molar-refractivity contribution in [2.45, 2.75) is 52.4 Å². The lowest BCUT2D eigenvalue weighted by atomic mass is 9.81. The molecule has 1 rings (SSSR count). The molecule has 1 aromatic rings. The molecule has 0 radical (unpaired) electrons. The third kappa shape index (κ3) is 4.89. The molecule has 0 heterocycles. The Morgan fingerprint density at radius 1 is 0.727 bits per heavy atom. The Labute approximate surface area is 134 Å². The molecule has 0 fully saturated rings. The van der Waals surface area contributed by atoms with Crippen molar-refractivity contribution in [1.29, 1.82) is 0 Å². The van der Waals surface area contributed by atoms with Crippen molar-refractivity contribution in [1.82, 2.24) is 0 Å². The number of aliphatic hydroxyl groups excluding tert-OH is 2. The summed E-state index contributed by atoms with van der Waals surface area (Å²) in [4.78, 5) is 0. The van der Waals surface area contributed by atoms with E-state index in [9.17, 15) is 0 Å². The van der Waals surface area contributed by atoms with Crippen molar-refractivity contribution >= 4 is 0 Å². The van der Waals surface area contributed by atoms with Crippen molar-refractivity contribution in [2.75, 3.05) is 26.4 Å². The first-order valence-corrected chi connectivity index (χ1v) is 7.77. The first kappa shape index (κ1) is 18.8. The number of ether oxygens (including phenoxy) is 2. The first-order valence-electron chi connectivity index (χ1n) is 7.77. The minimum Gasteiger partial charge on any atom is -0.491 e. The quantitative estimate of drug-likeness (QED) is 0.848. The smallest absolute Gasteiger partial charge is 0.123 e. The molecule has 4 nitrogen and oxygen atoms in total. The summed E-state index contributed by atoms with van der Waals surface area (Å²) in [6.07, 6.45) is 0. The highest BCUT2D eigenvalue weighted by molar-refractivity contribution is 5.51. The normalized spacial score (nSPS) is 12.4. The second kappa shape index (κ2) is 7.34. The maximum atomic E-state index is 9.04. The Morgan fingerprint density at radius 3 is 1.27 bits per heavy atom. The van der Waals surface area contributed by atoms with Gasteiger partial charge in [0.1, 0.15) is 24.7 Å². The molecule has 126 valence electrons. The molecule has 0 spiro atoms. The molecule has 22 heavy (non-hydrogen) atoms. The Hall–Kier alpha value is -1.26. The third-order valence-corrected chi connectivity index (χ3v) is 3.40. The zero-order valence-electron chi connectivity index (χ0n) is 14.7. The fraction of sp³-hybridized carbons (Fsp3) is 0.667. The molecular weight excluding hydrogens is 280 g/mol. The maximum absolute atomic E-state index is 9.04. The standard InChI is InChI=1S/C18H30O4/c1-17(2,3)13-11-16(22-10-8-20)14(18(4,5)6)12-15(13)21-9-7-19/h11-12,19-20H,7-10H2,1-6H3. The SMILES string of the molecule is CC(C)(C)c1cc(OCCO)c(C(C)(C)C)cc1OCCO. The lowest BCUT2D eigenvalue weighted by molar-refractivity contribution is 0.193. The van der Waals surface area contributed by atoms with Gasteiger partial charge in [-0.05, 0) is 23.0 Å². The van der Waals surface area contributed by atoms with E-state index in [2.05, 4.69) is 41.5 Å². The van der Waals surface area contributed by atoms with E-state index in [4.69, 9.17) is 19.7 Å². The topological polar surface area (TPSA) is 58.9 Å². The van der Waals surface area contributed by atoms with E-state index in [1.807, 2.05) is 12.1 Å². The molecule has 0 aliphatic heterocycles. The Bertz CT molecular complexity index is 435. The predicted molar refractivity (Wildman–Crippen MR) is 89.0 cm³/mol. The van der Waals surface area contributed by atoms with Crippen molar-refractivity contribution in [3.05, 3.63) is 23.3 Å². The van der Waals surface area contributed by atoms with Gasteiger partial charge >= 0.3 is 0 Å². The van der Waals surface area contributed by atoms with Crippen LogP contribution < -0.4 is 9.47 Å². The van der Waals surface area contributed by atoms with Gasteiger partial charge in [0, 0.05) is 11.1 Å². The minimum absolute atomic E-state index is 0.0167. The highest BCUT2D eigenvalue weighted by Crippen LogP contribution is 2.41. The minimum atomic E-state index is -0.113. The fourth-order valence-electron chi connectivity index (χ4n) is 2.28. The molecule has 0 atom stereocenters. The average molecular weight is 310 g/mol. The lowest BCUT2D eigenvalue weighted by Crippen LogP contribution is -2.19. The molecule has 0 aliphatic carbocycles. The van der Waals surface area contributed by atoms with Gasteiger partial charge in [0.2, 0.25) is 0 Å². The van der Waals surface area contributed by atoms with Crippen LogP contribution in [0.4, 0.5) is 0 Å². The van der Waals surface area contributed by atoms with E-state index in [1.165, 1.54) is 0 Å². The number of hydrogen-bond acceptors (Lipinski definition) is 4. The molecule has 0 aromatic heterocycles. The van der Waals surface area contributed by atoms with Gasteiger partial charge < -0.3 is 19.7 Å². The second-order valence-electron chi connectivity index (χ2n) is 7.49. The van der Waals surface area contributed by atoms with Gasteiger partial charge in [0.25, 0.3) is 0 Å². The van der Waals surface area contributed by atoms with Crippen LogP contribution in [0.25, 0.3) is 0 Å². The summed E-state index contributed by atoms with van der Waals surface area (Å²) < 4.78 is 11.5. The Morgan fingerprint density at radius 2 is 1.05 bits per heavy atom. The van der Waals surface area contributed by atoms with Crippen molar-refractivity contribution < 1.29 is 19.7 Å². The van der Waals surface area contributed by atoms with Crippen LogP contribution in [0.5, 0.6) is 11.5 Å². The summed E-state index contributed by atoms with van der Waals surface area (Å²) in [5.74, 6) is 1.56. The van der Waals surface area contributed by atoms with E-state index in [0.717, 1.165) is 22.6 Å². The van der Waals surface area contributed by atoms with E-state index < -0.39 is 0 Å². The van der Waals surface area contributed by atoms with E-state index in [0.29, 0.717) is 0 Å². The van der Waals surface area contributed by atoms with Gasteiger partial charge in [-0.1, -0.05) is 41.5 Å². The van der Waals surface area contributed by atoms with Gasteiger partial charge in [-0.2, -0.15) is 0 Å². The van der Waals surface area contributed by atoms with Crippen molar-refractivity contribution in [2.24, 2.45) is 0 Å². The maximum Gasteiger partial charge on any atom is 0.123 e. The van der Waals surface area contributed by atoms with Crippen LogP contribution in [0.1, 0.15) is 52.7 Å². The van der Waals surface area contributed by atoms with E-state index >= 15 is 0 Å². The molecule has 0 saturated carbocycles. The summed E-state index contributed by atoms with van der Waals surface area (Å²) in [5, 5.41) is 18.1. The molecule has 0 bridgehead atoms. The molecule has 0 aliphatic rings. The van der Waals surface area contributed by atoms with Crippen LogP contribution in [0.15, 0.2) is 12.1 Å². The molecule has 0 unspecified atom stereocenters. The first-order chi connectivity index (χ1) is 10.1. The van der Waals surface area contributed by atoms with Crippen LogP contribution in [0.3, 0.4) is 0 Å². The van der Waals surface area contributed by atoms with Crippen molar-refractivity contribution in [3.63, 3.8) is 0 Å². The van der Waals surface area contributed by atoms with Crippen LogP contribution in [-0.4, -0.2) is 36.6 Å². The molecule has 4 heteroatoms. The summed E-state index contributed by atoms with van der Waals surface area (Å²) in [6.45, 7) is 13.2. The fourth-order valence-corrected chi connectivity index (χ4v) is 2.28. The Kier molecular flexibility index (Phi) is 6.27. The number of aliphatic hydroxyl groups is 2. The summed E-state index contributed by atoms with van der Waals surface area (Å²) in [6, 6.07) is 4.01. The highest BCUT2D eigenvalue weighted by Gasteiger charge is 2.26. The molecule has 0 saturated heterocycles. The highest BCUT2D eigenvalue weighted by atomic mass is 16.5. The van der Waals surface area contributed by atoms with E-state index in [1.54, 1.807) is 0 Å². The number of benzene rings is 1. The average Bonchev–Trinajstić information content (AvgIpc) is 2.40. The van der Waals surface area contributed by atoms with Gasteiger partial charge in [-0.25, -0.2) is 0 Å². The number of hydrogen-bond donors (Lipinski definition) is 2. The molecule has 2 N–H and O–H groups in total. The zero-order valence-corrected chi connectivity index (χ0v) is 14.7. The van der Waals surface area contributed by atoms with Crippen LogP contribution in [-0.2, 0) is 10.8 Å². The third-order valence-electron chi connectivity index (χ3n) is 3.40. The molecule has 1 aromatic carbocycles. The van der Waals surface area contributed by atoms with Gasteiger partial charge in [-0.15, -0.1) is 0 Å². The zero-order chi connectivity index (χ0) is 17.0. The monoisotopic (exact) mass is 310 g/mol. The predicted octanol–water partition coefficient (Wildman–Crippen LogP) is 3.02. The molecular formula is C18H30O4. The lowest BCUT2D eigenvalue weighted by Gasteiger charge is -2.29. The second-order valence-corrected chi connectivity index (χ2v) is 7.49. The Balaban J connectivity index is 3.42. The molecule has 0 amide bonds. The summed E-state index contributed by atoms with van der Waals surface area (Å²) in [7, 11) is 0. The summed E-state index contributed by atoms with van der Waals surface area (Å²) >= 11 is 0. The van der Waals surface area contributed by atoms with Gasteiger partial charge in [-0.3, -0.25) is 0 Å². The summed E-state index contributed by atoms with van der Waals surface area (Å²) in [5.41, 5.74) is 1.83. The van der Waals surface area contributed by atoms with Gasteiger partial charge in [0.15, 0.2) is 0 Å². The van der Waals surface area contributed by atoms with Crippen LogP contribution >= 0.6 is 0 Å². The van der Waals surface area contributed by atoms with E-state index in [-0.39, 0.29) is 37.3 Å². The number of rotatable bonds is 6. The van der Waals surface area contributed by atoms with Crippen LogP contribution in [0.2, 0.25) is 0 Å². The largest absolute Gasteiger partial charge is 0.491 e.